The van der Waals surface area contributed by atoms with E-state index < -0.39 is 23.4 Å². The minimum absolute atomic E-state index is 0.294. The minimum Gasteiger partial charge on any atom is -0.311 e. The summed E-state index contributed by atoms with van der Waals surface area (Å²) in [6, 6.07) is 1.31. The monoisotopic (exact) mass is 313 g/mol. The lowest BCUT2D eigenvalue weighted by Crippen LogP contribution is -2.22. The Morgan fingerprint density at radius 3 is 2.67 bits per heavy atom. The van der Waals surface area contributed by atoms with Gasteiger partial charge in [0.15, 0.2) is 22.6 Å². The molecule has 1 aromatic carbocycles. The highest BCUT2D eigenvalue weighted by Gasteiger charge is 2.18. The molecule has 1 aromatic heterocycles. The quantitative estimate of drug-likeness (QED) is 0.838. The number of halogens is 3. The Bertz CT molecular complexity index is 670. The van der Waals surface area contributed by atoms with Gasteiger partial charge in [0.2, 0.25) is 0 Å². The zero-order valence-electron chi connectivity index (χ0n) is 10.7. The van der Waals surface area contributed by atoms with Crippen LogP contribution < -0.4 is 10.6 Å². The molecule has 0 saturated heterocycles. The average Bonchev–Trinajstić information content (AvgIpc) is 2.86. The van der Waals surface area contributed by atoms with Gasteiger partial charge in [-0.3, -0.25) is 10.1 Å². The van der Waals surface area contributed by atoms with Crippen molar-refractivity contribution in [3.63, 3.8) is 0 Å². The van der Waals surface area contributed by atoms with Crippen molar-refractivity contribution in [1.82, 2.24) is 10.3 Å². The zero-order chi connectivity index (χ0) is 15.0. The van der Waals surface area contributed by atoms with Gasteiger partial charge < -0.3 is 5.32 Å². The van der Waals surface area contributed by atoms with Crippen molar-refractivity contribution in [3.8, 4) is 0 Å². The van der Waals surface area contributed by atoms with Crippen LogP contribution in [-0.2, 0) is 13.0 Å². The molecule has 8 heteroatoms. The Morgan fingerprint density at radius 1 is 1.29 bits per heavy atom. The van der Waals surface area contributed by atoms with Crippen molar-refractivity contribution in [3.05, 3.63) is 45.7 Å². The Hall–Kier alpha value is -1.93. The molecule has 3 rings (SSSR count). The van der Waals surface area contributed by atoms with Gasteiger partial charge in [0, 0.05) is 30.0 Å². The molecule has 2 heterocycles. The number of fused-ring (bicyclic) bond motifs is 1. The van der Waals surface area contributed by atoms with Crippen molar-refractivity contribution in [2.24, 2.45) is 0 Å². The van der Waals surface area contributed by atoms with Gasteiger partial charge in [-0.1, -0.05) is 0 Å². The van der Waals surface area contributed by atoms with E-state index in [0.29, 0.717) is 23.8 Å². The van der Waals surface area contributed by atoms with E-state index in [-0.39, 0.29) is 5.56 Å². The van der Waals surface area contributed by atoms with Crippen LogP contribution in [0.15, 0.2) is 12.1 Å². The minimum atomic E-state index is -1.60. The van der Waals surface area contributed by atoms with Gasteiger partial charge in [0.05, 0.1) is 5.69 Å². The van der Waals surface area contributed by atoms with Crippen molar-refractivity contribution in [2.75, 3.05) is 11.9 Å². The fourth-order valence-electron chi connectivity index (χ4n) is 2.03. The highest BCUT2D eigenvalue weighted by atomic mass is 32.1. The summed E-state index contributed by atoms with van der Waals surface area (Å²) in [5.41, 5.74) is 0.614. The maximum Gasteiger partial charge on any atom is 0.257 e. The lowest BCUT2D eigenvalue weighted by Gasteiger charge is -2.09. The molecule has 0 aliphatic carbocycles. The number of anilines is 1. The van der Waals surface area contributed by atoms with E-state index in [0.717, 1.165) is 23.5 Å². The number of hydrogen-bond donors (Lipinski definition) is 2. The molecule has 110 valence electrons. The molecule has 0 fully saturated rings. The fraction of sp³-hybridized carbons (Fsp3) is 0.231. The van der Waals surface area contributed by atoms with E-state index in [9.17, 15) is 18.0 Å². The van der Waals surface area contributed by atoms with Crippen molar-refractivity contribution >= 4 is 22.4 Å². The Kier molecular flexibility index (Phi) is 3.64. The average molecular weight is 313 g/mol. The van der Waals surface area contributed by atoms with Gasteiger partial charge in [0.1, 0.15) is 0 Å². The van der Waals surface area contributed by atoms with Crippen LogP contribution in [0, 0.1) is 17.5 Å². The molecule has 1 aliphatic heterocycles. The molecule has 0 radical (unpaired) electrons. The van der Waals surface area contributed by atoms with Crippen molar-refractivity contribution in [1.29, 1.82) is 0 Å². The predicted octanol–water partition coefficient (Wildman–Crippen LogP) is 2.46. The van der Waals surface area contributed by atoms with Crippen LogP contribution in [0.5, 0.6) is 0 Å². The molecule has 2 N–H and O–H groups in total. The Labute approximate surface area is 122 Å². The van der Waals surface area contributed by atoms with Gasteiger partial charge in [0.25, 0.3) is 5.91 Å². The van der Waals surface area contributed by atoms with E-state index in [1.54, 1.807) is 0 Å². The maximum atomic E-state index is 13.1. The lowest BCUT2D eigenvalue weighted by molar-refractivity contribution is 0.102. The highest BCUT2D eigenvalue weighted by Crippen LogP contribution is 2.26. The van der Waals surface area contributed by atoms with Crippen LogP contribution in [0.4, 0.5) is 18.3 Å². The molecule has 0 spiro atoms. The second-order valence-corrected chi connectivity index (χ2v) is 5.61. The van der Waals surface area contributed by atoms with Crippen LogP contribution in [0.1, 0.15) is 20.9 Å². The number of nitrogens with one attached hydrogen (secondary N) is 2. The van der Waals surface area contributed by atoms with E-state index in [4.69, 9.17) is 0 Å². The van der Waals surface area contributed by atoms with Gasteiger partial charge >= 0.3 is 0 Å². The normalized spacial score (nSPS) is 13.9. The number of hydrogen-bond acceptors (Lipinski definition) is 4. The highest BCUT2D eigenvalue weighted by molar-refractivity contribution is 7.15. The summed E-state index contributed by atoms with van der Waals surface area (Å²) in [5, 5.41) is 6.01. The summed E-state index contributed by atoms with van der Waals surface area (Å²) in [6.07, 6.45) is 0.765. The van der Waals surface area contributed by atoms with Crippen LogP contribution in [-0.4, -0.2) is 17.4 Å². The number of aromatic nitrogens is 1. The summed E-state index contributed by atoms with van der Waals surface area (Å²) < 4.78 is 39.1. The summed E-state index contributed by atoms with van der Waals surface area (Å²) in [5.74, 6) is -5.13. The number of benzene rings is 1. The first-order valence-electron chi connectivity index (χ1n) is 6.20. The molecule has 1 aliphatic rings. The standard InChI is InChI=1S/C13H10F3N3OS/c14-7-3-6(4-8(15)11(7)16)12(20)19-13-18-9-1-2-17-5-10(9)21-13/h3-4,17H,1-2,5H2,(H,18,19,20). The first-order chi connectivity index (χ1) is 10.0. The molecular formula is C13H10F3N3OS. The first-order valence-corrected chi connectivity index (χ1v) is 7.01. The smallest absolute Gasteiger partial charge is 0.257 e. The number of amides is 1. The number of carbonyl (C=O) groups excluding carboxylic acids is 1. The zero-order valence-corrected chi connectivity index (χ0v) is 11.5. The number of carbonyl (C=O) groups is 1. The number of rotatable bonds is 2. The third-order valence-corrected chi connectivity index (χ3v) is 4.08. The van der Waals surface area contributed by atoms with E-state index in [2.05, 4.69) is 15.6 Å². The third kappa shape index (κ3) is 2.77. The van der Waals surface area contributed by atoms with Gasteiger partial charge in [-0.05, 0) is 12.1 Å². The van der Waals surface area contributed by atoms with Gasteiger partial charge in [-0.2, -0.15) is 0 Å². The van der Waals surface area contributed by atoms with Crippen LogP contribution in [0.3, 0.4) is 0 Å². The number of nitrogens with zero attached hydrogens (tertiary/aromatic N) is 1. The lowest BCUT2D eigenvalue weighted by atomic mass is 10.2. The molecule has 2 aromatic rings. The van der Waals surface area contributed by atoms with Gasteiger partial charge in [-0.15, -0.1) is 11.3 Å². The van der Waals surface area contributed by atoms with Crippen LogP contribution in [0.2, 0.25) is 0 Å². The Balaban J connectivity index is 1.81. The van der Waals surface area contributed by atoms with Gasteiger partial charge in [-0.25, -0.2) is 18.2 Å². The van der Waals surface area contributed by atoms with Crippen molar-refractivity contribution in [2.45, 2.75) is 13.0 Å². The predicted molar refractivity (Wildman–Crippen MR) is 71.8 cm³/mol. The van der Waals surface area contributed by atoms with E-state index in [1.807, 2.05) is 0 Å². The maximum absolute atomic E-state index is 13.1. The van der Waals surface area contributed by atoms with E-state index in [1.165, 1.54) is 11.3 Å². The van der Waals surface area contributed by atoms with Crippen molar-refractivity contribution < 1.29 is 18.0 Å². The summed E-state index contributed by atoms with van der Waals surface area (Å²) in [4.78, 5) is 17.2. The molecule has 0 bridgehead atoms. The summed E-state index contributed by atoms with van der Waals surface area (Å²) in [7, 11) is 0. The fourth-order valence-corrected chi connectivity index (χ4v) is 3.01. The molecular weight excluding hydrogens is 303 g/mol. The second kappa shape index (κ2) is 5.45. The van der Waals surface area contributed by atoms with E-state index >= 15 is 0 Å². The molecule has 0 atom stereocenters. The SMILES string of the molecule is O=C(Nc1nc2c(s1)CNCC2)c1cc(F)c(F)c(F)c1. The largest absolute Gasteiger partial charge is 0.311 e. The summed E-state index contributed by atoms with van der Waals surface area (Å²) in [6.45, 7) is 1.50. The topological polar surface area (TPSA) is 54.0 Å². The molecule has 4 nitrogen and oxygen atoms in total. The molecule has 21 heavy (non-hydrogen) atoms. The second-order valence-electron chi connectivity index (χ2n) is 4.52. The number of thiazole rings is 1. The third-order valence-electron chi connectivity index (χ3n) is 3.07. The molecule has 1 amide bonds. The summed E-state index contributed by atoms with van der Waals surface area (Å²) >= 11 is 1.30. The first kappa shape index (κ1) is 14.0. The molecule has 0 saturated carbocycles. The van der Waals surface area contributed by atoms with Crippen LogP contribution in [0.25, 0.3) is 0 Å². The molecule has 0 unspecified atom stereocenters. The van der Waals surface area contributed by atoms with Crippen LogP contribution >= 0.6 is 11.3 Å². The Morgan fingerprint density at radius 2 is 2.00 bits per heavy atom.